The molecular formula is C21H21NO7. The van der Waals surface area contributed by atoms with Crippen molar-refractivity contribution < 1.29 is 33.8 Å². The van der Waals surface area contributed by atoms with E-state index in [1.54, 1.807) is 32.0 Å². The molecule has 0 aromatic heterocycles. The van der Waals surface area contributed by atoms with Crippen LogP contribution in [0.4, 0.5) is 5.69 Å². The van der Waals surface area contributed by atoms with Gasteiger partial charge in [0.25, 0.3) is 0 Å². The molecule has 29 heavy (non-hydrogen) atoms. The minimum absolute atomic E-state index is 0.0233. The van der Waals surface area contributed by atoms with Crippen LogP contribution in [0.25, 0.3) is 0 Å². The van der Waals surface area contributed by atoms with Gasteiger partial charge in [0, 0.05) is 5.69 Å². The molecule has 2 aromatic rings. The second-order valence-corrected chi connectivity index (χ2v) is 5.93. The largest absolute Gasteiger partial charge is 0.478 e. The van der Waals surface area contributed by atoms with E-state index in [9.17, 15) is 24.3 Å². The van der Waals surface area contributed by atoms with E-state index in [0.29, 0.717) is 5.56 Å². The molecule has 0 atom stereocenters. The van der Waals surface area contributed by atoms with E-state index in [1.165, 1.54) is 24.3 Å². The molecule has 1 amide bonds. The highest BCUT2D eigenvalue weighted by Gasteiger charge is 2.17. The number of anilines is 1. The second kappa shape index (κ2) is 10.0. The lowest BCUT2D eigenvalue weighted by Gasteiger charge is -2.11. The number of hydrogen-bond donors (Lipinski definition) is 2. The van der Waals surface area contributed by atoms with E-state index in [0.717, 1.165) is 0 Å². The summed E-state index contributed by atoms with van der Waals surface area (Å²) in [7, 11) is 0. The van der Waals surface area contributed by atoms with Crippen molar-refractivity contribution in [2.45, 2.75) is 20.3 Å². The van der Waals surface area contributed by atoms with Gasteiger partial charge in [0.1, 0.15) is 0 Å². The fraction of sp³-hybridized carbons (Fsp3) is 0.238. The van der Waals surface area contributed by atoms with Gasteiger partial charge in [0.05, 0.1) is 36.3 Å². The Morgan fingerprint density at radius 1 is 0.897 bits per heavy atom. The van der Waals surface area contributed by atoms with Gasteiger partial charge in [-0.2, -0.15) is 0 Å². The Morgan fingerprint density at radius 2 is 1.45 bits per heavy atom. The molecule has 2 N–H and O–H groups in total. The molecule has 0 heterocycles. The maximum absolute atomic E-state index is 12.4. The minimum atomic E-state index is -1.14. The number of rotatable bonds is 8. The fourth-order valence-electron chi connectivity index (χ4n) is 2.63. The summed E-state index contributed by atoms with van der Waals surface area (Å²) < 4.78 is 9.90. The van der Waals surface area contributed by atoms with Gasteiger partial charge in [0.2, 0.25) is 5.91 Å². The summed E-state index contributed by atoms with van der Waals surface area (Å²) in [6.45, 7) is 3.59. The lowest BCUT2D eigenvalue weighted by Crippen LogP contribution is -2.18. The maximum atomic E-state index is 12.4. The monoisotopic (exact) mass is 399 g/mol. The summed E-state index contributed by atoms with van der Waals surface area (Å²) in [5, 5.41) is 11.8. The SMILES string of the molecule is CCOC(=O)c1cc(NC(=O)Cc2ccccc2C(=O)O)cc(C(=O)OCC)c1. The number of benzene rings is 2. The van der Waals surface area contributed by atoms with Crippen LogP contribution in [0.5, 0.6) is 0 Å². The maximum Gasteiger partial charge on any atom is 0.338 e. The number of carbonyl (C=O) groups is 4. The van der Waals surface area contributed by atoms with Gasteiger partial charge in [-0.05, 0) is 43.7 Å². The Hall–Kier alpha value is -3.68. The summed E-state index contributed by atoms with van der Waals surface area (Å²) in [5.41, 5.74) is 0.716. The summed E-state index contributed by atoms with van der Waals surface area (Å²) >= 11 is 0. The van der Waals surface area contributed by atoms with Gasteiger partial charge < -0.3 is 19.9 Å². The highest BCUT2D eigenvalue weighted by Crippen LogP contribution is 2.18. The van der Waals surface area contributed by atoms with Crippen LogP contribution >= 0.6 is 0 Å². The summed E-state index contributed by atoms with van der Waals surface area (Å²) in [6.07, 6.45) is -0.194. The van der Waals surface area contributed by atoms with E-state index < -0.39 is 23.8 Å². The lowest BCUT2D eigenvalue weighted by molar-refractivity contribution is -0.115. The first-order valence-corrected chi connectivity index (χ1v) is 8.96. The van der Waals surface area contributed by atoms with Gasteiger partial charge in [-0.1, -0.05) is 18.2 Å². The average molecular weight is 399 g/mol. The standard InChI is InChI=1S/C21H21NO7/c1-3-28-20(26)14-9-15(21(27)29-4-2)11-16(10-14)22-18(23)12-13-7-5-6-8-17(13)19(24)25/h5-11H,3-4,12H2,1-2H3,(H,22,23)(H,24,25). The van der Waals surface area contributed by atoms with Crippen LogP contribution in [0, 0.1) is 0 Å². The van der Waals surface area contributed by atoms with Crippen LogP contribution in [0.2, 0.25) is 0 Å². The summed E-state index contributed by atoms with van der Waals surface area (Å²) in [6, 6.07) is 10.2. The number of amides is 1. The molecule has 8 nitrogen and oxygen atoms in total. The third-order valence-corrected chi connectivity index (χ3v) is 3.84. The number of aromatic carboxylic acids is 1. The van der Waals surface area contributed by atoms with Gasteiger partial charge in [0.15, 0.2) is 0 Å². The van der Waals surface area contributed by atoms with Gasteiger partial charge in [-0.3, -0.25) is 4.79 Å². The van der Waals surface area contributed by atoms with Crippen molar-refractivity contribution in [3.05, 3.63) is 64.7 Å². The summed E-state index contributed by atoms with van der Waals surface area (Å²) in [5.74, 6) is -2.94. The van der Waals surface area contributed by atoms with Crippen LogP contribution in [0.1, 0.15) is 50.5 Å². The normalized spacial score (nSPS) is 10.1. The van der Waals surface area contributed by atoms with Crippen molar-refractivity contribution in [3.63, 3.8) is 0 Å². The molecule has 0 aliphatic carbocycles. The van der Waals surface area contributed by atoms with Gasteiger partial charge in [-0.15, -0.1) is 0 Å². The van der Waals surface area contributed by atoms with E-state index in [2.05, 4.69) is 5.32 Å². The minimum Gasteiger partial charge on any atom is -0.478 e. The van der Waals surface area contributed by atoms with Gasteiger partial charge >= 0.3 is 17.9 Å². The molecule has 8 heteroatoms. The molecule has 2 rings (SSSR count). The first kappa shape index (κ1) is 21.6. The molecule has 2 aromatic carbocycles. The molecular weight excluding hydrogens is 378 g/mol. The fourth-order valence-corrected chi connectivity index (χ4v) is 2.63. The topological polar surface area (TPSA) is 119 Å². The Morgan fingerprint density at radius 3 is 1.97 bits per heavy atom. The number of hydrogen-bond acceptors (Lipinski definition) is 6. The quantitative estimate of drug-likeness (QED) is 0.655. The predicted octanol–water partition coefficient (Wildman–Crippen LogP) is 2.92. The van der Waals surface area contributed by atoms with Crippen molar-refractivity contribution in [1.29, 1.82) is 0 Å². The number of carboxylic acid groups (broad SMARTS) is 1. The van der Waals surface area contributed by atoms with Crippen molar-refractivity contribution in [3.8, 4) is 0 Å². The average Bonchev–Trinajstić information content (AvgIpc) is 2.68. The molecule has 0 aliphatic heterocycles. The number of nitrogens with one attached hydrogen (secondary N) is 1. The molecule has 0 unspecified atom stereocenters. The molecule has 0 fully saturated rings. The molecule has 0 spiro atoms. The van der Waals surface area contributed by atoms with E-state index >= 15 is 0 Å². The number of esters is 2. The molecule has 0 aliphatic rings. The molecule has 152 valence electrons. The lowest BCUT2D eigenvalue weighted by atomic mass is 10.0. The van der Waals surface area contributed by atoms with Crippen LogP contribution in [-0.4, -0.2) is 42.1 Å². The Bertz CT molecular complexity index is 900. The van der Waals surface area contributed by atoms with Crippen LogP contribution in [0.15, 0.2) is 42.5 Å². The zero-order valence-corrected chi connectivity index (χ0v) is 16.1. The Kier molecular flexibility index (Phi) is 7.47. The smallest absolute Gasteiger partial charge is 0.338 e. The third kappa shape index (κ3) is 5.90. The Labute approximate surface area is 167 Å². The van der Waals surface area contributed by atoms with E-state index in [1.807, 2.05) is 0 Å². The summed E-state index contributed by atoms with van der Waals surface area (Å²) in [4.78, 5) is 47.9. The van der Waals surface area contributed by atoms with Crippen molar-refractivity contribution >= 4 is 29.5 Å². The van der Waals surface area contributed by atoms with Crippen molar-refractivity contribution in [2.24, 2.45) is 0 Å². The molecule has 0 bridgehead atoms. The highest BCUT2D eigenvalue weighted by molar-refractivity contribution is 6.00. The van der Waals surface area contributed by atoms with Crippen molar-refractivity contribution in [1.82, 2.24) is 0 Å². The predicted molar refractivity (Wildman–Crippen MR) is 104 cm³/mol. The van der Waals surface area contributed by atoms with Gasteiger partial charge in [-0.25, -0.2) is 14.4 Å². The van der Waals surface area contributed by atoms with Crippen LogP contribution < -0.4 is 5.32 Å². The molecule has 0 saturated heterocycles. The Balaban J connectivity index is 2.28. The number of carbonyl (C=O) groups excluding carboxylic acids is 3. The van der Waals surface area contributed by atoms with Crippen molar-refractivity contribution in [2.75, 3.05) is 18.5 Å². The third-order valence-electron chi connectivity index (χ3n) is 3.84. The van der Waals surface area contributed by atoms with E-state index in [-0.39, 0.29) is 42.0 Å². The zero-order valence-electron chi connectivity index (χ0n) is 16.1. The van der Waals surface area contributed by atoms with Crippen LogP contribution in [-0.2, 0) is 20.7 Å². The first-order chi connectivity index (χ1) is 13.8. The number of carboxylic acids is 1. The number of ether oxygens (including phenoxy) is 2. The van der Waals surface area contributed by atoms with Crippen LogP contribution in [0.3, 0.4) is 0 Å². The van der Waals surface area contributed by atoms with E-state index in [4.69, 9.17) is 9.47 Å². The molecule has 0 radical (unpaired) electrons. The molecule has 0 saturated carbocycles. The highest BCUT2D eigenvalue weighted by atomic mass is 16.5. The second-order valence-electron chi connectivity index (χ2n) is 5.93. The zero-order chi connectivity index (χ0) is 21.4. The first-order valence-electron chi connectivity index (χ1n) is 8.96.